The summed E-state index contributed by atoms with van der Waals surface area (Å²) in [7, 11) is 0. The van der Waals surface area contributed by atoms with Crippen molar-refractivity contribution in [3.05, 3.63) is 28.6 Å². The number of halogens is 1. The summed E-state index contributed by atoms with van der Waals surface area (Å²) in [5.74, 6) is 1.51. The van der Waals surface area contributed by atoms with Crippen molar-refractivity contribution in [2.45, 2.75) is 25.8 Å². The van der Waals surface area contributed by atoms with Gasteiger partial charge in [0.15, 0.2) is 5.82 Å². The van der Waals surface area contributed by atoms with E-state index in [0.29, 0.717) is 24.1 Å². The summed E-state index contributed by atoms with van der Waals surface area (Å²) in [4.78, 5) is 4.36. The van der Waals surface area contributed by atoms with Gasteiger partial charge in [-0.3, -0.25) is 4.68 Å². The summed E-state index contributed by atoms with van der Waals surface area (Å²) in [5, 5.41) is 8.87. The SMILES string of the molecule is Cc1nn(Cc2nc([C@@H]3CCOC3)no2)cc1Cl. The molecule has 0 amide bonds. The van der Waals surface area contributed by atoms with E-state index in [1.807, 2.05) is 6.92 Å². The van der Waals surface area contributed by atoms with E-state index in [1.54, 1.807) is 10.9 Å². The molecule has 0 bridgehead atoms. The van der Waals surface area contributed by atoms with Gasteiger partial charge in [0.25, 0.3) is 0 Å². The number of aromatic nitrogens is 4. The van der Waals surface area contributed by atoms with Gasteiger partial charge in [-0.05, 0) is 13.3 Å². The Balaban J connectivity index is 1.73. The molecule has 96 valence electrons. The molecule has 0 unspecified atom stereocenters. The lowest BCUT2D eigenvalue weighted by molar-refractivity contribution is 0.192. The van der Waals surface area contributed by atoms with E-state index in [9.17, 15) is 0 Å². The summed E-state index contributed by atoms with van der Waals surface area (Å²) in [6.07, 6.45) is 2.70. The van der Waals surface area contributed by atoms with Gasteiger partial charge in [-0.1, -0.05) is 16.8 Å². The van der Waals surface area contributed by atoms with Gasteiger partial charge in [0.05, 0.1) is 17.3 Å². The Hall–Kier alpha value is -1.40. The standard InChI is InChI=1S/C11H13ClN4O2/c1-7-9(12)4-16(14-7)5-10-13-11(15-18-10)8-2-3-17-6-8/h4,8H,2-3,5-6H2,1H3/t8-/m1/s1. The average molecular weight is 269 g/mol. The minimum atomic E-state index is 0.255. The van der Waals surface area contributed by atoms with Crippen molar-refractivity contribution in [2.75, 3.05) is 13.2 Å². The first-order valence-electron chi connectivity index (χ1n) is 5.82. The number of aryl methyl sites for hydroxylation is 1. The third kappa shape index (κ3) is 2.26. The van der Waals surface area contributed by atoms with Crippen LogP contribution in [0.4, 0.5) is 0 Å². The largest absolute Gasteiger partial charge is 0.381 e. The zero-order chi connectivity index (χ0) is 12.5. The van der Waals surface area contributed by atoms with Crippen LogP contribution in [0.1, 0.15) is 29.7 Å². The fourth-order valence-electron chi connectivity index (χ4n) is 1.95. The Bertz CT molecular complexity index is 525. The van der Waals surface area contributed by atoms with Crippen molar-refractivity contribution in [2.24, 2.45) is 0 Å². The van der Waals surface area contributed by atoms with Crippen molar-refractivity contribution in [3.8, 4) is 0 Å². The Kier molecular flexibility index (Phi) is 3.05. The molecule has 0 aliphatic carbocycles. The Labute approximate surface area is 109 Å². The molecule has 0 N–H and O–H groups in total. The molecule has 0 aromatic carbocycles. The second-order valence-corrected chi connectivity index (χ2v) is 4.77. The smallest absolute Gasteiger partial charge is 0.248 e. The van der Waals surface area contributed by atoms with Gasteiger partial charge in [0.2, 0.25) is 5.89 Å². The van der Waals surface area contributed by atoms with Crippen LogP contribution in [0, 0.1) is 6.92 Å². The summed E-state index contributed by atoms with van der Waals surface area (Å²) in [6, 6.07) is 0. The molecule has 1 atom stereocenters. The molecule has 0 spiro atoms. The zero-order valence-electron chi connectivity index (χ0n) is 9.97. The van der Waals surface area contributed by atoms with Crippen LogP contribution in [0.2, 0.25) is 5.02 Å². The van der Waals surface area contributed by atoms with Crippen LogP contribution in [0.15, 0.2) is 10.7 Å². The second-order valence-electron chi connectivity index (χ2n) is 4.37. The summed E-state index contributed by atoms with van der Waals surface area (Å²) >= 11 is 5.94. The number of hydrogen-bond donors (Lipinski definition) is 0. The highest BCUT2D eigenvalue weighted by atomic mass is 35.5. The molecule has 3 rings (SSSR count). The molecule has 2 aromatic rings. The highest BCUT2D eigenvalue weighted by Crippen LogP contribution is 2.22. The lowest BCUT2D eigenvalue weighted by Gasteiger charge is -1.97. The van der Waals surface area contributed by atoms with Crippen LogP contribution in [0.3, 0.4) is 0 Å². The van der Waals surface area contributed by atoms with Crippen LogP contribution < -0.4 is 0 Å². The van der Waals surface area contributed by atoms with E-state index in [-0.39, 0.29) is 5.92 Å². The monoisotopic (exact) mass is 268 g/mol. The number of rotatable bonds is 3. The molecule has 0 radical (unpaired) electrons. The molecular formula is C11H13ClN4O2. The maximum absolute atomic E-state index is 5.94. The molecular weight excluding hydrogens is 256 g/mol. The van der Waals surface area contributed by atoms with Crippen molar-refractivity contribution in [1.29, 1.82) is 0 Å². The number of hydrogen-bond acceptors (Lipinski definition) is 5. The molecule has 1 saturated heterocycles. The fourth-order valence-corrected chi connectivity index (χ4v) is 2.10. The van der Waals surface area contributed by atoms with Crippen molar-refractivity contribution in [3.63, 3.8) is 0 Å². The van der Waals surface area contributed by atoms with Crippen molar-refractivity contribution < 1.29 is 9.26 Å². The predicted molar refractivity (Wildman–Crippen MR) is 63.6 cm³/mol. The topological polar surface area (TPSA) is 66.0 Å². The molecule has 1 fully saturated rings. The molecule has 1 aliphatic rings. The minimum absolute atomic E-state index is 0.255. The third-order valence-electron chi connectivity index (χ3n) is 2.96. The van der Waals surface area contributed by atoms with Gasteiger partial charge < -0.3 is 9.26 Å². The molecule has 1 aliphatic heterocycles. The maximum atomic E-state index is 5.94. The van der Waals surface area contributed by atoms with Gasteiger partial charge in [-0.15, -0.1) is 0 Å². The molecule has 0 saturated carbocycles. The molecule has 3 heterocycles. The van der Waals surface area contributed by atoms with E-state index in [1.165, 1.54) is 0 Å². The van der Waals surface area contributed by atoms with Gasteiger partial charge in [-0.2, -0.15) is 10.1 Å². The minimum Gasteiger partial charge on any atom is -0.381 e. The summed E-state index contributed by atoms with van der Waals surface area (Å²) < 4.78 is 12.2. The maximum Gasteiger partial charge on any atom is 0.248 e. The van der Waals surface area contributed by atoms with Crippen LogP contribution >= 0.6 is 11.6 Å². The first-order chi connectivity index (χ1) is 8.72. The fraction of sp³-hybridized carbons (Fsp3) is 0.545. The van der Waals surface area contributed by atoms with Gasteiger partial charge in [-0.25, -0.2) is 0 Å². The molecule has 18 heavy (non-hydrogen) atoms. The summed E-state index contributed by atoms with van der Waals surface area (Å²) in [5.41, 5.74) is 0.792. The van der Waals surface area contributed by atoms with E-state index in [0.717, 1.165) is 24.5 Å². The Morgan fingerprint density at radius 3 is 3.11 bits per heavy atom. The van der Waals surface area contributed by atoms with E-state index in [4.69, 9.17) is 20.9 Å². The zero-order valence-corrected chi connectivity index (χ0v) is 10.7. The van der Waals surface area contributed by atoms with Crippen LogP contribution in [0.5, 0.6) is 0 Å². The van der Waals surface area contributed by atoms with E-state index in [2.05, 4.69) is 15.2 Å². The van der Waals surface area contributed by atoms with Crippen LogP contribution in [-0.2, 0) is 11.3 Å². The number of ether oxygens (including phenoxy) is 1. The molecule has 2 aromatic heterocycles. The molecule has 7 heteroatoms. The van der Waals surface area contributed by atoms with Crippen molar-refractivity contribution in [1.82, 2.24) is 19.9 Å². The second kappa shape index (κ2) is 4.70. The van der Waals surface area contributed by atoms with Gasteiger partial charge in [0, 0.05) is 18.7 Å². The van der Waals surface area contributed by atoms with E-state index < -0.39 is 0 Å². The quantitative estimate of drug-likeness (QED) is 0.849. The first kappa shape index (κ1) is 11.7. The number of nitrogens with zero attached hydrogens (tertiary/aromatic N) is 4. The predicted octanol–water partition coefficient (Wildman–Crippen LogP) is 1.78. The van der Waals surface area contributed by atoms with E-state index >= 15 is 0 Å². The highest BCUT2D eigenvalue weighted by molar-refractivity contribution is 6.31. The third-order valence-corrected chi connectivity index (χ3v) is 3.33. The Morgan fingerprint density at radius 1 is 1.56 bits per heavy atom. The molecule has 6 nitrogen and oxygen atoms in total. The lowest BCUT2D eigenvalue weighted by Crippen LogP contribution is -2.03. The highest BCUT2D eigenvalue weighted by Gasteiger charge is 2.23. The van der Waals surface area contributed by atoms with Gasteiger partial charge >= 0.3 is 0 Å². The van der Waals surface area contributed by atoms with Crippen molar-refractivity contribution >= 4 is 11.6 Å². The van der Waals surface area contributed by atoms with Crippen LogP contribution in [0.25, 0.3) is 0 Å². The lowest BCUT2D eigenvalue weighted by atomic mass is 10.1. The Morgan fingerprint density at radius 2 is 2.44 bits per heavy atom. The normalized spacial score (nSPS) is 19.6. The first-order valence-corrected chi connectivity index (χ1v) is 6.20. The summed E-state index contributed by atoms with van der Waals surface area (Å²) in [6.45, 7) is 3.73. The van der Waals surface area contributed by atoms with Crippen LogP contribution in [-0.4, -0.2) is 33.1 Å². The van der Waals surface area contributed by atoms with Gasteiger partial charge in [0.1, 0.15) is 6.54 Å². The average Bonchev–Trinajstić information content (AvgIpc) is 3.02.